The van der Waals surface area contributed by atoms with E-state index < -0.39 is 10.0 Å². The second-order valence-electron chi connectivity index (χ2n) is 5.96. The molecule has 0 heterocycles. The third-order valence-electron chi connectivity index (χ3n) is 4.49. The maximum Gasteiger partial charge on any atom is 0.240 e. The van der Waals surface area contributed by atoms with Crippen LogP contribution in [-0.2, 0) is 21.2 Å². The first-order valence-electron chi connectivity index (χ1n) is 7.84. The zero-order valence-corrected chi connectivity index (χ0v) is 14.4. The number of fused-ring (bicyclic) bond motifs is 1. The van der Waals surface area contributed by atoms with E-state index in [1.807, 2.05) is 31.2 Å². The highest BCUT2D eigenvalue weighted by atomic mass is 32.2. The zero-order chi connectivity index (χ0) is 17.3. The molecule has 0 bridgehead atoms. The molecular formula is C18H20N2O3S. The van der Waals surface area contributed by atoms with Crippen LogP contribution in [0.25, 0.3) is 0 Å². The van der Waals surface area contributed by atoms with Gasteiger partial charge in [-0.25, -0.2) is 13.1 Å². The molecule has 2 aromatic rings. The molecule has 2 N–H and O–H groups in total. The Kier molecular flexibility index (Phi) is 4.43. The van der Waals surface area contributed by atoms with Crippen molar-refractivity contribution in [3.63, 3.8) is 0 Å². The van der Waals surface area contributed by atoms with Crippen molar-refractivity contribution in [2.45, 2.75) is 30.2 Å². The van der Waals surface area contributed by atoms with Gasteiger partial charge in [-0.1, -0.05) is 36.4 Å². The van der Waals surface area contributed by atoms with E-state index in [-0.39, 0.29) is 22.8 Å². The Morgan fingerprint density at radius 1 is 1.12 bits per heavy atom. The van der Waals surface area contributed by atoms with Crippen molar-refractivity contribution in [2.75, 3.05) is 7.05 Å². The molecule has 3 rings (SSSR count). The van der Waals surface area contributed by atoms with E-state index in [0.717, 1.165) is 17.5 Å². The minimum absolute atomic E-state index is 0.00752. The minimum Gasteiger partial charge on any atom is -0.349 e. The molecule has 1 amide bonds. The van der Waals surface area contributed by atoms with Crippen LogP contribution in [0.4, 0.5) is 0 Å². The third-order valence-corrected chi connectivity index (χ3v) is 5.92. The molecule has 1 aliphatic carbocycles. The third kappa shape index (κ3) is 3.07. The molecule has 0 saturated heterocycles. The lowest BCUT2D eigenvalue weighted by Gasteiger charge is -2.30. The van der Waals surface area contributed by atoms with Crippen LogP contribution in [0.2, 0.25) is 0 Å². The molecule has 2 unspecified atom stereocenters. The van der Waals surface area contributed by atoms with E-state index in [1.165, 1.54) is 12.6 Å². The minimum atomic E-state index is -3.44. The van der Waals surface area contributed by atoms with Gasteiger partial charge < -0.3 is 5.32 Å². The first-order chi connectivity index (χ1) is 11.4. The normalized spacial score (nSPS) is 17.5. The summed E-state index contributed by atoms with van der Waals surface area (Å²) in [6.07, 6.45) is 0.772. The summed E-state index contributed by atoms with van der Waals surface area (Å²) in [5.41, 5.74) is 3.19. The van der Waals surface area contributed by atoms with Crippen LogP contribution in [0.3, 0.4) is 0 Å². The summed E-state index contributed by atoms with van der Waals surface area (Å²) in [7, 11) is -2.07. The molecule has 0 aliphatic heterocycles. The van der Waals surface area contributed by atoms with Crippen molar-refractivity contribution in [3.8, 4) is 0 Å². The number of amides is 1. The largest absolute Gasteiger partial charge is 0.349 e. The summed E-state index contributed by atoms with van der Waals surface area (Å²) < 4.78 is 25.7. The van der Waals surface area contributed by atoms with Gasteiger partial charge in [-0.15, -0.1) is 0 Å². The van der Waals surface area contributed by atoms with Gasteiger partial charge >= 0.3 is 0 Å². The molecule has 0 radical (unpaired) electrons. The average molecular weight is 344 g/mol. The standard InChI is InChI=1S/C18H20N2O3S/c1-12(13-7-9-15(10-8-13)24(22,23)19-2)20-18(21)17-11-14-5-3-4-6-16(14)17/h3-10,12,17,19H,11H2,1-2H3,(H,20,21). The molecule has 0 fully saturated rings. The number of benzene rings is 2. The average Bonchev–Trinajstić information content (AvgIpc) is 2.56. The summed E-state index contributed by atoms with van der Waals surface area (Å²) in [6.45, 7) is 1.89. The fraction of sp³-hybridized carbons (Fsp3) is 0.278. The van der Waals surface area contributed by atoms with Crippen LogP contribution < -0.4 is 10.0 Å². The fourth-order valence-corrected chi connectivity index (χ4v) is 3.67. The first-order valence-corrected chi connectivity index (χ1v) is 9.32. The SMILES string of the molecule is CNS(=O)(=O)c1ccc(C(C)NC(=O)C2Cc3ccccc32)cc1. The first kappa shape index (κ1) is 16.7. The Labute approximate surface area is 142 Å². The predicted octanol–water partition coefficient (Wildman–Crippen LogP) is 2.11. The number of hydrogen-bond donors (Lipinski definition) is 2. The molecule has 24 heavy (non-hydrogen) atoms. The monoisotopic (exact) mass is 344 g/mol. The molecular weight excluding hydrogens is 324 g/mol. The lowest BCUT2D eigenvalue weighted by atomic mass is 9.77. The molecule has 6 heteroatoms. The summed E-state index contributed by atoms with van der Waals surface area (Å²) in [5.74, 6) is -0.0827. The predicted molar refractivity (Wildman–Crippen MR) is 92.1 cm³/mol. The molecule has 2 aromatic carbocycles. The van der Waals surface area contributed by atoms with Crippen LogP contribution in [0, 0.1) is 0 Å². The van der Waals surface area contributed by atoms with Gasteiger partial charge in [0, 0.05) is 0 Å². The Balaban J connectivity index is 1.67. The Hall–Kier alpha value is -2.18. The fourth-order valence-electron chi connectivity index (χ4n) is 2.94. The van der Waals surface area contributed by atoms with Gasteiger partial charge in [0.15, 0.2) is 0 Å². The van der Waals surface area contributed by atoms with Crippen LogP contribution in [0.1, 0.15) is 35.6 Å². The van der Waals surface area contributed by atoms with Gasteiger partial charge in [-0.05, 0) is 49.2 Å². The van der Waals surface area contributed by atoms with Gasteiger partial charge in [0.2, 0.25) is 15.9 Å². The van der Waals surface area contributed by atoms with Gasteiger partial charge in [0.25, 0.3) is 0 Å². The van der Waals surface area contributed by atoms with Crippen LogP contribution in [0.15, 0.2) is 53.4 Å². The van der Waals surface area contributed by atoms with Crippen LogP contribution >= 0.6 is 0 Å². The number of hydrogen-bond acceptors (Lipinski definition) is 3. The maximum atomic E-state index is 12.4. The van der Waals surface area contributed by atoms with Gasteiger partial charge in [0.05, 0.1) is 16.9 Å². The Bertz CT molecular complexity index is 860. The Morgan fingerprint density at radius 3 is 2.42 bits per heavy atom. The van der Waals surface area contributed by atoms with Crippen molar-refractivity contribution in [3.05, 3.63) is 65.2 Å². The number of carbonyl (C=O) groups excluding carboxylic acids is 1. The van der Waals surface area contributed by atoms with Crippen LogP contribution in [0.5, 0.6) is 0 Å². The Morgan fingerprint density at radius 2 is 1.79 bits per heavy atom. The number of nitrogens with one attached hydrogen (secondary N) is 2. The maximum absolute atomic E-state index is 12.4. The second kappa shape index (κ2) is 6.37. The summed E-state index contributed by atoms with van der Waals surface area (Å²) in [5, 5.41) is 3.01. The van der Waals surface area contributed by atoms with Gasteiger partial charge in [0.1, 0.15) is 0 Å². The second-order valence-corrected chi connectivity index (χ2v) is 7.85. The molecule has 0 saturated carbocycles. The molecule has 0 aromatic heterocycles. The van der Waals surface area contributed by atoms with Crippen molar-refractivity contribution in [1.29, 1.82) is 0 Å². The lowest BCUT2D eigenvalue weighted by Crippen LogP contribution is -2.36. The highest BCUT2D eigenvalue weighted by Gasteiger charge is 2.32. The van der Waals surface area contributed by atoms with Crippen molar-refractivity contribution < 1.29 is 13.2 Å². The van der Waals surface area contributed by atoms with Crippen LogP contribution in [-0.4, -0.2) is 21.4 Å². The van der Waals surface area contributed by atoms with Crippen molar-refractivity contribution >= 4 is 15.9 Å². The number of rotatable bonds is 5. The topological polar surface area (TPSA) is 75.3 Å². The zero-order valence-electron chi connectivity index (χ0n) is 13.6. The molecule has 0 spiro atoms. The van der Waals surface area contributed by atoms with Gasteiger partial charge in [-0.3, -0.25) is 4.79 Å². The van der Waals surface area contributed by atoms with Crippen molar-refractivity contribution in [2.24, 2.45) is 0 Å². The summed E-state index contributed by atoms with van der Waals surface area (Å²) in [4.78, 5) is 12.6. The molecule has 5 nitrogen and oxygen atoms in total. The van der Waals surface area contributed by atoms with E-state index in [1.54, 1.807) is 24.3 Å². The molecule has 126 valence electrons. The van der Waals surface area contributed by atoms with E-state index in [4.69, 9.17) is 0 Å². The van der Waals surface area contributed by atoms with E-state index in [9.17, 15) is 13.2 Å². The van der Waals surface area contributed by atoms with Gasteiger partial charge in [-0.2, -0.15) is 0 Å². The smallest absolute Gasteiger partial charge is 0.240 e. The summed E-state index contributed by atoms with van der Waals surface area (Å²) in [6, 6.07) is 14.3. The molecule has 2 atom stereocenters. The highest BCUT2D eigenvalue weighted by molar-refractivity contribution is 7.89. The lowest BCUT2D eigenvalue weighted by molar-refractivity contribution is -0.123. The highest BCUT2D eigenvalue weighted by Crippen LogP contribution is 2.35. The van der Waals surface area contributed by atoms with Crippen molar-refractivity contribution in [1.82, 2.24) is 10.0 Å². The number of carbonyl (C=O) groups is 1. The van der Waals surface area contributed by atoms with E-state index >= 15 is 0 Å². The number of sulfonamides is 1. The van der Waals surface area contributed by atoms with E-state index in [2.05, 4.69) is 10.0 Å². The van der Waals surface area contributed by atoms with E-state index in [0.29, 0.717) is 0 Å². The summed E-state index contributed by atoms with van der Waals surface area (Å²) >= 11 is 0. The quantitative estimate of drug-likeness (QED) is 0.872. The molecule has 1 aliphatic rings.